The minimum absolute atomic E-state index is 0.0120. The van der Waals surface area contributed by atoms with Crippen LogP contribution in [-0.4, -0.2) is 47.6 Å². The zero-order chi connectivity index (χ0) is 25.1. The third-order valence-electron chi connectivity index (χ3n) is 6.08. The van der Waals surface area contributed by atoms with Crippen molar-refractivity contribution in [2.45, 2.75) is 26.0 Å². The van der Waals surface area contributed by atoms with Crippen LogP contribution in [0.4, 0.5) is 5.69 Å². The van der Waals surface area contributed by atoms with Crippen LogP contribution in [0.25, 0.3) is 10.8 Å². The number of nitrogen functional groups attached to an aromatic ring is 1. The molecule has 1 atom stereocenters. The summed E-state index contributed by atoms with van der Waals surface area (Å²) in [6, 6.07) is 18.1. The van der Waals surface area contributed by atoms with E-state index < -0.39 is 11.8 Å². The molecule has 3 aromatic carbocycles. The van der Waals surface area contributed by atoms with Crippen molar-refractivity contribution < 1.29 is 14.3 Å². The quantitative estimate of drug-likeness (QED) is 0.247. The topological polar surface area (TPSA) is 150 Å². The van der Waals surface area contributed by atoms with Gasteiger partial charge in [0, 0.05) is 24.2 Å². The van der Waals surface area contributed by atoms with E-state index in [9.17, 15) is 9.59 Å². The minimum atomic E-state index is -1.04. The number of amides is 2. The van der Waals surface area contributed by atoms with Crippen molar-refractivity contribution in [3.63, 3.8) is 0 Å². The van der Waals surface area contributed by atoms with Crippen molar-refractivity contribution >= 4 is 39.9 Å². The Balaban J connectivity index is 1.54. The van der Waals surface area contributed by atoms with Gasteiger partial charge in [0.25, 0.3) is 0 Å². The number of nitrogens with zero attached hydrogens (tertiary/aromatic N) is 2. The van der Waals surface area contributed by atoms with Crippen LogP contribution < -0.4 is 21.1 Å². The largest absolute Gasteiger partial charge is 0.489 e. The Bertz CT molecular complexity index is 1300. The first-order valence-electron chi connectivity index (χ1n) is 11.3. The molecule has 0 aliphatic carbocycles. The summed E-state index contributed by atoms with van der Waals surface area (Å²) in [6.45, 7) is 3.35. The lowest BCUT2D eigenvalue weighted by Gasteiger charge is -2.22. The zero-order valence-electron chi connectivity index (χ0n) is 19.5. The van der Waals surface area contributed by atoms with Gasteiger partial charge < -0.3 is 21.1 Å². The van der Waals surface area contributed by atoms with Gasteiger partial charge in [0.2, 0.25) is 0 Å². The molecule has 1 fully saturated rings. The molecule has 35 heavy (non-hydrogen) atoms. The van der Waals surface area contributed by atoms with E-state index in [2.05, 4.69) is 0 Å². The van der Waals surface area contributed by atoms with Gasteiger partial charge in [-0.3, -0.25) is 25.3 Å². The summed E-state index contributed by atoms with van der Waals surface area (Å²) in [5.74, 6) is -0.707. The zero-order valence-corrected chi connectivity index (χ0v) is 19.5. The number of primary amides is 1. The summed E-state index contributed by atoms with van der Waals surface area (Å²) in [5, 5.41) is 17.3. The van der Waals surface area contributed by atoms with Crippen LogP contribution in [0.3, 0.4) is 0 Å². The van der Waals surface area contributed by atoms with E-state index in [1.54, 1.807) is 37.3 Å². The number of carbonyl (C=O) groups is 2. The van der Waals surface area contributed by atoms with Crippen LogP contribution in [0.1, 0.15) is 24.5 Å². The predicted molar refractivity (Wildman–Crippen MR) is 136 cm³/mol. The van der Waals surface area contributed by atoms with Gasteiger partial charge in [-0.1, -0.05) is 24.3 Å². The smallest absolute Gasteiger partial charge is 0.316 e. The van der Waals surface area contributed by atoms with Crippen LogP contribution >= 0.6 is 0 Å². The highest BCUT2D eigenvalue weighted by molar-refractivity contribution is 6.39. The van der Waals surface area contributed by atoms with Crippen molar-refractivity contribution in [3.8, 4) is 5.75 Å². The van der Waals surface area contributed by atoms with E-state index in [4.69, 9.17) is 27.0 Å². The number of fused-ring (bicyclic) bond motifs is 1. The Kier molecular flexibility index (Phi) is 6.68. The molecule has 1 aliphatic heterocycles. The molecule has 1 aliphatic rings. The van der Waals surface area contributed by atoms with E-state index in [-0.39, 0.29) is 18.5 Å². The van der Waals surface area contributed by atoms with Crippen LogP contribution in [0, 0.1) is 10.8 Å². The molecule has 0 spiro atoms. The highest BCUT2D eigenvalue weighted by Gasteiger charge is 2.25. The summed E-state index contributed by atoms with van der Waals surface area (Å²) in [4.78, 5) is 27.7. The average molecular weight is 473 g/mol. The van der Waals surface area contributed by atoms with Gasteiger partial charge in [-0.2, -0.15) is 0 Å². The Morgan fingerprint density at radius 2 is 1.74 bits per heavy atom. The molecule has 4 rings (SSSR count). The number of carbonyl (C=O) groups excluding carboxylic acids is 2. The number of benzene rings is 3. The summed E-state index contributed by atoms with van der Waals surface area (Å²) in [6.07, 6.45) is 0.819. The van der Waals surface area contributed by atoms with Crippen molar-refractivity contribution in [1.29, 1.82) is 10.8 Å². The first kappa shape index (κ1) is 23.7. The maximum Gasteiger partial charge on any atom is 0.316 e. The van der Waals surface area contributed by atoms with E-state index in [1.165, 1.54) is 4.90 Å². The molecule has 180 valence electrons. The van der Waals surface area contributed by atoms with Crippen LogP contribution in [0.15, 0.2) is 60.7 Å². The highest BCUT2D eigenvalue weighted by atomic mass is 16.5. The second-order valence-corrected chi connectivity index (χ2v) is 8.62. The first-order valence-corrected chi connectivity index (χ1v) is 11.3. The van der Waals surface area contributed by atoms with Crippen molar-refractivity contribution in [2.24, 2.45) is 11.5 Å². The van der Waals surface area contributed by atoms with Crippen molar-refractivity contribution in [2.75, 3.05) is 18.0 Å². The second kappa shape index (κ2) is 9.84. The Morgan fingerprint density at radius 3 is 2.37 bits per heavy atom. The Hall–Kier alpha value is -4.40. The molecule has 9 heteroatoms. The number of hydrogen-bond donors (Lipinski definition) is 4. The Labute approximate surface area is 203 Å². The second-order valence-electron chi connectivity index (χ2n) is 8.62. The normalized spacial score (nSPS) is 15.1. The SMILES string of the molecule is CC(=N)N1CCC(Oc2ccc(N(Cc3ccc4ccc(C(=N)N)cc4c3)C(=O)C(N)=O)cc2)C1. The summed E-state index contributed by atoms with van der Waals surface area (Å²) in [7, 11) is 0. The molecule has 1 saturated heterocycles. The third kappa shape index (κ3) is 5.40. The lowest BCUT2D eigenvalue weighted by molar-refractivity contribution is -0.135. The van der Waals surface area contributed by atoms with E-state index in [0.717, 1.165) is 29.3 Å². The number of nitrogens with one attached hydrogen (secondary N) is 2. The molecule has 3 aromatic rings. The molecular formula is C26H28N6O3. The number of anilines is 1. The molecule has 0 saturated carbocycles. The molecular weight excluding hydrogens is 444 g/mol. The highest BCUT2D eigenvalue weighted by Crippen LogP contribution is 2.25. The molecule has 0 bridgehead atoms. The molecule has 1 unspecified atom stereocenters. The van der Waals surface area contributed by atoms with Gasteiger partial charge in [-0.25, -0.2) is 0 Å². The molecule has 1 heterocycles. The van der Waals surface area contributed by atoms with Gasteiger partial charge in [-0.15, -0.1) is 0 Å². The van der Waals surface area contributed by atoms with Crippen LogP contribution in [0.5, 0.6) is 5.75 Å². The van der Waals surface area contributed by atoms with Gasteiger partial charge >= 0.3 is 11.8 Å². The van der Waals surface area contributed by atoms with E-state index in [0.29, 0.717) is 29.4 Å². The molecule has 0 aromatic heterocycles. The maximum atomic E-state index is 12.7. The lowest BCUT2D eigenvalue weighted by Crippen LogP contribution is -2.40. The van der Waals surface area contributed by atoms with Gasteiger partial charge in [-0.05, 0) is 59.7 Å². The molecule has 2 amide bonds. The van der Waals surface area contributed by atoms with Gasteiger partial charge in [0.15, 0.2) is 0 Å². The molecule has 9 nitrogen and oxygen atoms in total. The number of rotatable bonds is 6. The van der Waals surface area contributed by atoms with E-state index in [1.807, 2.05) is 35.2 Å². The lowest BCUT2D eigenvalue weighted by atomic mass is 10.0. The molecule has 6 N–H and O–H groups in total. The van der Waals surface area contributed by atoms with Crippen LogP contribution in [0.2, 0.25) is 0 Å². The number of amidine groups is 2. The van der Waals surface area contributed by atoms with Crippen molar-refractivity contribution in [3.05, 3.63) is 71.8 Å². The standard InChI is InChI=1S/C26H28N6O3/c1-16(27)31-11-10-23(15-31)35-22-8-6-21(7-9-22)32(26(34)25(30)33)14-17-2-3-18-4-5-19(24(28)29)13-20(18)12-17/h2-9,12-13,23,27H,10-11,14-15H2,1H3,(H3,28,29)(H2,30,33). The predicted octanol–water partition coefficient (Wildman–Crippen LogP) is 2.59. The van der Waals surface area contributed by atoms with Crippen LogP contribution in [-0.2, 0) is 16.1 Å². The Morgan fingerprint density at radius 1 is 1.03 bits per heavy atom. The minimum Gasteiger partial charge on any atom is -0.489 e. The molecule has 0 radical (unpaired) electrons. The fourth-order valence-corrected chi connectivity index (χ4v) is 4.18. The number of hydrogen-bond acceptors (Lipinski definition) is 5. The summed E-state index contributed by atoms with van der Waals surface area (Å²) < 4.78 is 6.03. The number of likely N-dealkylation sites (tertiary alicyclic amines) is 1. The fourth-order valence-electron chi connectivity index (χ4n) is 4.18. The van der Waals surface area contributed by atoms with Gasteiger partial charge in [0.1, 0.15) is 17.7 Å². The third-order valence-corrected chi connectivity index (χ3v) is 6.08. The van der Waals surface area contributed by atoms with Crippen molar-refractivity contribution in [1.82, 2.24) is 4.90 Å². The summed E-state index contributed by atoms with van der Waals surface area (Å²) in [5.41, 5.74) is 12.9. The number of ether oxygens (including phenoxy) is 1. The monoisotopic (exact) mass is 472 g/mol. The van der Waals surface area contributed by atoms with E-state index >= 15 is 0 Å². The number of nitrogens with two attached hydrogens (primary N) is 2. The average Bonchev–Trinajstić information content (AvgIpc) is 3.31. The fraction of sp³-hybridized carbons (Fsp3) is 0.231. The van der Waals surface area contributed by atoms with Gasteiger partial charge in [0.05, 0.1) is 18.9 Å². The summed E-state index contributed by atoms with van der Waals surface area (Å²) >= 11 is 0. The first-order chi connectivity index (χ1) is 16.7. The maximum absolute atomic E-state index is 12.7.